The predicted molar refractivity (Wildman–Crippen MR) is 58.5 cm³/mol. The third kappa shape index (κ3) is 2.24. The van der Waals surface area contributed by atoms with Gasteiger partial charge in [-0.05, 0) is 24.8 Å². The highest BCUT2D eigenvalue weighted by Crippen LogP contribution is 2.33. The van der Waals surface area contributed by atoms with Crippen molar-refractivity contribution in [2.75, 3.05) is 19.6 Å². The van der Waals surface area contributed by atoms with Crippen LogP contribution in [0.25, 0.3) is 0 Å². The summed E-state index contributed by atoms with van der Waals surface area (Å²) in [6.45, 7) is 4.55. The van der Waals surface area contributed by atoms with Gasteiger partial charge in [0.25, 0.3) is 0 Å². The van der Waals surface area contributed by atoms with Crippen LogP contribution in [-0.4, -0.2) is 30.6 Å². The van der Waals surface area contributed by atoms with Crippen LogP contribution in [0.2, 0.25) is 0 Å². The van der Waals surface area contributed by atoms with Crippen molar-refractivity contribution in [2.24, 2.45) is 5.92 Å². The van der Waals surface area contributed by atoms with E-state index in [1.165, 1.54) is 24.9 Å². The summed E-state index contributed by atoms with van der Waals surface area (Å²) >= 11 is 0. The zero-order chi connectivity index (χ0) is 10.1. The van der Waals surface area contributed by atoms with Gasteiger partial charge in [0, 0.05) is 37.8 Å². The molecule has 0 radical (unpaired) electrons. The lowest BCUT2D eigenvalue weighted by Gasteiger charge is -2.33. The second-order valence-electron chi connectivity index (χ2n) is 4.76. The fourth-order valence-corrected chi connectivity index (χ4v) is 2.44. The van der Waals surface area contributed by atoms with Crippen LogP contribution in [0, 0.1) is 5.92 Å². The molecule has 1 N–H and O–H groups in total. The van der Waals surface area contributed by atoms with Crippen LogP contribution < -0.4 is 5.32 Å². The summed E-state index contributed by atoms with van der Waals surface area (Å²) in [6.07, 6.45) is 6.47. The number of nitrogens with one attached hydrogen (secondary N) is 1. The number of rotatable bonds is 3. The first kappa shape index (κ1) is 9.43. The Hall–Kier alpha value is -0.800. The van der Waals surface area contributed by atoms with Gasteiger partial charge in [-0.15, -0.1) is 0 Å². The first-order valence-corrected chi connectivity index (χ1v) is 5.88. The first-order valence-electron chi connectivity index (χ1n) is 5.88. The van der Waals surface area contributed by atoms with Crippen molar-refractivity contribution in [3.05, 3.63) is 24.2 Å². The molecule has 3 rings (SSSR count). The fraction of sp³-hybridized carbons (Fsp3) is 0.667. The van der Waals surface area contributed by atoms with Crippen LogP contribution in [0.3, 0.4) is 0 Å². The highest BCUT2D eigenvalue weighted by atomic mass is 16.3. The molecule has 1 unspecified atom stereocenters. The molecule has 1 atom stereocenters. The summed E-state index contributed by atoms with van der Waals surface area (Å²) in [4.78, 5) is 2.53. The molecule has 0 amide bonds. The Bertz CT molecular complexity index is 305. The van der Waals surface area contributed by atoms with E-state index in [-0.39, 0.29) is 0 Å². The molecule has 2 heterocycles. The Morgan fingerprint density at radius 2 is 2.40 bits per heavy atom. The van der Waals surface area contributed by atoms with Gasteiger partial charge in [0.1, 0.15) is 0 Å². The van der Waals surface area contributed by atoms with Crippen LogP contribution in [0.4, 0.5) is 0 Å². The molecule has 2 aliphatic rings. The van der Waals surface area contributed by atoms with Gasteiger partial charge in [0.05, 0.1) is 12.5 Å². The van der Waals surface area contributed by atoms with Crippen molar-refractivity contribution < 1.29 is 4.42 Å². The van der Waals surface area contributed by atoms with Crippen molar-refractivity contribution in [1.82, 2.24) is 10.2 Å². The fourth-order valence-electron chi connectivity index (χ4n) is 2.44. The molecule has 2 fully saturated rings. The molecule has 0 aromatic carbocycles. The zero-order valence-electron chi connectivity index (χ0n) is 8.98. The second kappa shape index (κ2) is 3.99. The molecule has 1 aromatic heterocycles. The van der Waals surface area contributed by atoms with Crippen LogP contribution in [-0.2, 0) is 6.54 Å². The average Bonchev–Trinajstić information content (AvgIpc) is 3.00. The van der Waals surface area contributed by atoms with Gasteiger partial charge in [0.2, 0.25) is 0 Å². The van der Waals surface area contributed by atoms with Gasteiger partial charge in [-0.3, -0.25) is 4.90 Å². The van der Waals surface area contributed by atoms with Crippen LogP contribution in [0.1, 0.15) is 18.4 Å². The molecular weight excluding hydrogens is 188 g/mol. The SMILES string of the molecule is c1cc(CN2CCNC(C3CC3)C2)co1. The minimum absolute atomic E-state index is 0.741. The second-order valence-corrected chi connectivity index (χ2v) is 4.76. The largest absolute Gasteiger partial charge is 0.472 e. The molecule has 0 spiro atoms. The number of nitrogens with zero attached hydrogens (tertiary/aromatic N) is 1. The van der Waals surface area contributed by atoms with Gasteiger partial charge in [-0.2, -0.15) is 0 Å². The van der Waals surface area contributed by atoms with E-state index in [2.05, 4.69) is 16.3 Å². The molecule has 0 bridgehead atoms. The van der Waals surface area contributed by atoms with Crippen molar-refractivity contribution in [1.29, 1.82) is 0 Å². The third-order valence-electron chi connectivity index (χ3n) is 3.47. The Balaban J connectivity index is 1.56. The van der Waals surface area contributed by atoms with E-state index in [1.54, 1.807) is 6.26 Å². The van der Waals surface area contributed by atoms with E-state index >= 15 is 0 Å². The molecule has 1 aromatic rings. The molecule has 3 nitrogen and oxygen atoms in total. The number of furan rings is 1. The summed E-state index contributed by atoms with van der Waals surface area (Å²) < 4.78 is 5.10. The van der Waals surface area contributed by atoms with Gasteiger partial charge in [0.15, 0.2) is 0 Å². The van der Waals surface area contributed by atoms with Gasteiger partial charge < -0.3 is 9.73 Å². The minimum atomic E-state index is 0.741. The van der Waals surface area contributed by atoms with E-state index in [9.17, 15) is 0 Å². The maximum Gasteiger partial charge on any atom is 0.0947 e. The lowest BCUT2D eigenvalue weighted by atomic mass is 10.1. The molecule has 3 heteroatoms. The van der Waals surface area contributed by atoms with Crippen molar-refractivity contribution in [2.45, 2.75) is 25.4 Å². The Morgan fingerprint density at radius 1 is 1.47 bits per heavy atom. The lowest BCUT2D eigenvalue weighted by Crippen LogP contribution is -2.51. The van der Waals surface area contributed by atoms with E-state index < -0.39 is 0 Å². The smallest absolute Gasteiger partial charge is 0.0947 e. The predicted octanol–water partition coefficient (Wildman–Crippen LogP) is 1.46. The maximum absolute atomic E-state index is 5.10. The van der Waals surface area contributed by atoms with E-state index in [4.69, 9.17) is 4.42 Å². The topological polar surface area (TPSA) is 28.4 Å². The van der Waals surface area contributed by atoms with Gasteiger partial charge >= 0.3 is 0 Å². The van der Waals surface area contributed by atoms with Crippen LogP contribution >= 0.6 is 0 Å². The summed E-state index contributed by atoms with van der Waals surface area (Å²) in [5.74, 6) is 0.956. The van der Waals surface area contributed by atoms with Crippen molar-refractivity contribution in [3.8, 4) is 0 Å². The number of hydrogen-bond donors (Lipinski definition) is 1. The highest BCUT2D eigenvalue weighted by molar-refractivity contribution is 5.05. The molecule has 15 heavy (non-hydrogen) atoms. The molecule has 82 valence electrons. The summed E-state index contributed by atoms with van der Waals surface area (Å²) in [5.41, 5.74) is 1.30. The van der Waals surface area contributed by atoms with Gasteiger partial charge in [-0.25, -0.2) is 0 Å². The van der Waals surface area contributed by atoms with E-state index in [1.807, 2.05) is 6.26 Å². The molecular formula is C12H18N2O. The van der Waals surface area contributed by atoms with E-state index in [0.717, 1.165) is 31.6 Å². The summed E-state index contributed by atoms with van der Waals surface area (Å²) in [6, 6.07) is 2.80. The van der Waals surface area contributed by atoms with Crippen molar-refractivity contribution in [3.63, 3.8) is 0 Å². The molecule has 1 aliphatic heterocycles. The highest BCUT2D eigenvalue weighted by Gasteiger charge is 2.33. The Morgan fingerprint density at radius 3 is 3.13 bits per heavy atom. The van der Waals surface area contributed by atoms with E-state index in [0.29, 0.717) is 0 Å². The Kier molecular flexibility index (Phi) is 2.51. The molecule has 1 aliphatic carbocycles. The number of hydrogen-bond acceptors (Lipinski definition) is 3. The standard InChI is InChI=1S/C12H18N2O/c1-2-11(1)12-8-14(5-4-13-12)7-10-3-6-15-9-10/h3,6,9,11-13H,1-2,4-5,7-8H2. The maximum atomic E-state index is 5.10. The lowest BCUT2D eigenvalue weighted by molar-refractivity contribution is 0.181. The normalized spacial score (nSPS) is 28.1. The van der Waals surface area contributed by atoms with Crippen LogP contribution in [0.15, 0.2) is 23.0 Å². The minimum Gasteiger partial charge on any atom is -0.472 e. The quantitative estimate of drug-likeness (QED) is 0.811. The van der Waals surface area contributed by atoms with Crippen molar-refractivity contribution >= 4 is 0 Å². The zero-order valence-corrected chi connectivity index (χ0v) is 8.98. The number of piperazine rings is 1. The Labute approximate surface area is 90.4 Å². The average molecular weight is 206 g/mol. The third-order valence-corrected chi connectivity index (χ3v) is 3.47. The summed E-state index contributed by atoms with van der Waals surface area (Å²) in [7, 11) is 0. The molecule has 1 saturated heterocycles. The first-order chi connectivity index (χ1) is 7.42. The summed E-state index contributed by atoms with van der Waals surface area (Å²) in [5, 5.41) is 3.63. The van der Waals surface area contributed by atoms with Gasteiger partial charge in [-0.1, -0.05) is 0 Å². The monoisotopic (exact) mass is 206 g/mol. The molecule has 1 saturated carbocycles. The van der Waals surface area contributed by atoms with Crippen LogP contribution in [0.5, 0.6) is 0 Å².